The van der Waals surface area contributed by atoms with E-state index < -0.39 is 0 Å². The van der Waals surface area contributed by atoms with E-state index in [1.807, 2.05) is 6.07 Å². The Morgan fingerprint density at radius 3 is 2.74 bits per heavy atom. The number of nitrogens with one attached hydrogen (secondary N) is 2. The van der Waals surface area contributed by atoms with Gasteiger partial charge >= 0.3 is 0 Å². The summed E-state index contributed by atoms with van der Waals surface area (Å²) in [5, 5.41) is 12.2. The predicted octanol–water partition coefficient (Wildman–Crippen LogP) is 2.69. The lowest BCUT2D eigenvalue weighted by molar-refractivity contribution is 0.198. The molecule has 3 aliphatic rings. The fraction of sp³-hybridized carbons (Fsp3) is 0.542. The molecule has 0 radical (unpaired) electrons. The Balaban J connectivity index is 1.35. The Morgan fingerprint density at radius 1 is 1.17 bits per heavy atom. The summed E-state index contributed by atoms with van der Waals surface area (Å²) in [6.45, 7) is 3.87. The van der Waals surface area contributed by atoms with E-state index in [-0.39, 0.29) is 5.54 Å². The molecule has 1 saturated carbocycles. The van der Waals surface area contributed by atoms with Gasteiger partial charge in [0.15, 0.2) is 11.5 Å². The summed E-state index contributed by atoms with van der Waals surface area (Å²) in [5.41, 5.74) is 16.5. The SMILES string of the molecule is CN1CCCC12CCN(c1cc(CN)cc(Nc3nc(NC4CC4)c4ncc(CN)n4n3)c1Cl)C2. The number of aromatic nitrogens is 4. The van der Waals surface area contributed by atoms with Crippen molar-refractivity contribution >= 4 is 40.4 Å². The summed E-state index contributed by atoms with van der Waals surface area (Å²) in [6, 6.07) is 4.53. The Kier molecular flexibility index (Phi) is 5.71. The topological polar surface area (TPSA) is 126 Å². The van der Waals surface area contributed by atoms with Gasteiger partial charge in [0.2, 0.25) is 5.95 Å². The van der Waals surface area contributed by atoms with Crippen LogP contribution in [-0.2, 0) is 13.1 Å². The number of hydrogen-bond acceptors (Lipinski definition) is 9. The fourth-order valence-corrected chi connectivity index (χ4v) is 5.79. The molecular formula is C24H33ClN10. The maximum Gasteiger partial charge on any atom is 0.247 e. The molecule has 186 valence electrons. The van der Waals surface area contributed by atoms with Crippen LogP contribution < -0.4 is 27.0 Å². The van der Waals surface area contributed by atoms with Gasteiger partial charge in [-0.25, -0.2) is 9.50 Å². The zero-order chi connectivity index (χ0) is 24.2. The minimum Gasteiger partial charge on any atom is -0.368 e. The van der Waals surface area contributed by atoms with Gasteiger partial charge in [0, 0.05) is 37.8 Å². The molecule has 1 aromatic carbocycles. The first-order valence-corrected chi connectivity index (χ1v) is 12.8. The molecule has 1 unspecified atom stereocenters. The van der Waals surface area contributed by atoms with Crippen LogP contribution in [0.5, 0.6) is 0 Å². The molecular weight excluding hydrogens is 464 g/mol. The number of rotatable bonds is 7. The highest BCUT2D eigenvalue weighted by Gasteiger charge is 2.44. The van der Waals surface area contributed by atoms with Gasteiger partial charge in [-0.2, -0.15) is 4.98 Å². The molecule has 1 aliphatic carbocycles. The summed E-state index contributed by atoms with van der Waals surface area (Å²) >= 11 is 7.02. The Bertz CT molecular complexity index is 1250. The van der Waals surface area contributed by atoms with Crippen LogP contribution in [0.25, 0.3) is 5.65 Å². The first-order valence-electron chi connectivity index (χ1n) is 12.5. The van der Waals surface area contributed by atoms with Crippen LogP contribution in [0.4, 0.5) is 23.1 Å². The Hall–Kier alpha value is -2.66. The predicted molar refractivity (Wildman–Crippen MR) is 139 cm³/mol. The quantitative estimate of drug-likeness (QED) is 0.390. The molecule has 11 heteroatoms. The second kappa shape index (κ2) is 8.77. The Labute approximate surface area is 210 Å². The number of nitrogens with zero attached hydrogens (tertiary/aromatic N) is 6. The van der Waals surface area contributed by atoms with Crippen LogP contribution >= 0.6 is 11.6 Å². The average Bonchev–Trinajstić information content (AvgIpc) is 3.25. The lowest BCUT2D eigenvalue weighted by Crippen LogP contribution is -2.43. The molecule has 1 spiro atoms. The molecule has 0 bridgehead atoms. The second-order valence-corrected chi connectivity index (χ2v) is 10.5. The van der Waals surface area contributed by atoms with Crippen molar-refractivity contribution in [2.45, 2.75) is 56.8 Å². The number of fused-ring (bicyclic) bond motifs is 1. The number of halogens is 1. The highest BCUT2D eigenvalue weighted by atomic mass is 35.5. The number of benzene rings is 1. The number of anilines is 4. The molecule has 2 aromatic heterocycles. The monoisotopic (exact) mass is 496 g/mol. The van der Waals surface area contributed by atoms with Gasteiger partial charge in [-0.1, -0.05) is 11.6 Å². The van der Waals surface area contributed by atoms with Crippen molar-refractivity contribution < 1.29 is 0 Å². The molecule has 2 saturated heterocycles. The van der Waals surface area contributed by atoms with Gasteiger partial charge in [0.25, 0.3) is 0 Å². The van der Waals surface area contributed by atoms with Gasteiger partial charge in [-0.05, 0) is 63.4 Å². The van der Waals surface area contributed by atoms with E-state index in [0.717, 1.165) is 61.5 Å². The van der Waals surface area contributed by atoms with Gasteiger partial charge in [-0.15, -0.1) is 5.10 Å². The third-order valence-corrected chi connectivity index (χ3v) is 8.17. The first kappa shape index (κ1) is 22.8. The van der Waals surface area contributed by atoms with Crippen LogP contribution in [0.3, 0.4) is 0 Å². The normalized spacial score (nSPS) is 22.6. The molecule has 3 aromatic rings. The molecule has 10 nitrogen and oxygen atoms in total. The first-order chi connectivity index (χ1) is 17.0. The molecule has 3 fully saturated rings. The van der Waals surface area contributed by atoms with Crippen molar-refractivity contribution in [2.75, 3.05) is 42.2 Å². The molecule has 6 N–H and O–H groups in total. The molecule has 1 atom stereocenters. The van der Waals surface area contributed by atoms with Crippen LogP contribution in [0, 0.1) is 0 Å². The maximum absolute atomic E-state index is 7.02. The average molecular weight is 497 g/mol. The third kappa shape index (κ3) is 4.08. The van der Waals surface area contributed by atoms with Crippen LogP contribution in [0.15, 0.2) is 18.3 Å². The van der Waals surface area contributed by atoms with E-state index in [0.29, 0.717) is 41.6 Å². The number of hydrogen-bond donors (Lipinski definition) is 4. The van der Waals surface area contributed by atoms with Gasteiger partial charge in [0.05, 0.1) is 28.3 Å². The third-order valence-electron chi connectivity index (χ3n) is 7.77. The molecule has 2 aliphatic heterocycles. The van der Waals surface area contributed by atoms with E-state index in [4.69, 9.17) is 28.1 Å². The van der Waals surface area contributed by atoms with E-state index >= 15 is 0 Å². The highest BCUT2D eigenvalue weighted by Crippen LogP contribution is 2.43. The minimum atomic E-state index is 0.243. The summed E-state index contributed by atoms with van der Waals surface area (Å²) in [7, 11) is 2.24. The van der Waals surface area contributed by atoms with E-state index in [9.17, 15) is 0 Å². The largest absolute Gasteiger partial charge is 0.368 e. The lowest BCUT2D eigenvalue weighted by Gasteiger charge is -2.32. The van der Waals surface area contributed by atoms with Crippen LogP contribution in [0.2, 0.25) is 5.02 Å². The van der Waals surface area contributed by atoms with Crippen molar-refractivity contribution in [2.24, 2.45) is 11.5 Å². The number of likely N-dealkylation sites (tertiary alicyclic amines) is 1. The van der Waals surface area contributed by atoms with Crippen molar-refractivity contribution in [3.05, 3.63) is 34.6 Å². The van der Waals surface area contributed by atoms with Crippen molar-refractivity contribution in [3.63, 3.8) is 0 Å². The summed E-state index contributed by atoms with van der Waals surface area (Å²) < 4.78 is 1.75. The zero-order valence-electron chi connectivity index (χ0n) is 20.1. The smallest absolute Gasteiger partial charge is 0.247 e. The molecule has 6 rings (SSSR count). The maximum atomic E-state index is 7.02. The van der Waals surface area contributed by atoms with Gasteiger partial charge in [-0.3, -0.25) is 4.90 Å². The highest BCUT2D eigenvalue weighted by molar-refractivity contribution is 6.36. The Morgan fingerprint density at radius 2 is 2.03 bits per heavy atom. The zero-order valence-corrected chi connectivity index (χ0v) is 20.9. The lowest BCUT2D eigenvalue weighted by atomic mass is 9.96. The van der Waals surface area contributed by atoms with Crippen LogP contribution in [-0.4, -0.2) is 62.7 Å². The van der Waals surface area contributed by atoms with Crippen molar-refractivity contribution in [1.82, 2.24) is 24.5 Å². The second-order valence-electron chi connectivity index (χ2n) is 10.1. The van der Waals surface area contributed by atoms with E-state index in [2.05, 4.69) is 43.6 Å². The summed E-state index contributed by atoms with van der Waals surface area (Å²) in [6.07, 6.45) is 7.64. The fourth-order valence-electron chi connectivity index (χ4n) is 5.51. The van der Waals surface area contributed by atoms with Gasteiger partial charge in [0.1, 0.15) is 0 Å². The number of likely N-dealkylation sites (N-methyl/N-ethyl adjacent to an activating group) is 1. The van der Waals surface area contributed by atoms with Gasteiger partial charge < -0.3 is 27.0 Å². The number of imidazole rings is 1. The van der Waals surface area contributed by atoms with E-state index in [1.165, 1.54) is 12.8 Å². The number of nitrogens with two attached hydrogens (primary N) is 2. The van der Waals surface area contributed by atoms with Crippen LogP contribution in [0.1, 0.15) is 43.4 Å². The van der Waals surface area contributed by atoms with E-state index in [1.54, 1.807) is 10.7 Å². The molecule has 4 heterocycles. The molecule has 0 amide bonds. The molecule has 35 heavy (non-hydrogen) atoms. The summed E-state index contributed by atoms with van der Waals surface area (Å²) in [5.74, 6) is 1.13. The summed E-state index contributed by atoms with van der Waals surface area (Å²) in [4.78, 5) is 14.2. The van der Waals surface area contributed by atoms with Crippen molar-refractivity contribution in [3.8, 4) is 0 Å². The van der Waals surface area contributed by atoms with Crippen molar-refractivity contribution in [1.29, 1.82) is 0 Å². The standard InChI is InChI=1S/C24H33ClN10/c1-33-7-2-5-24(33)6-8-34(14-24)19-10-15(11-26)9-18(20(19)25)30-23-31-21(29-16-3-4-16)22-28-13-17(12-27)35(22)32-23/h9-10,13,16H,2-8,11-12,14,26-27H2,1H3,(H2,29,30,31,32). The minimum absolute atomic E-state index is 0.243.